The maximum Gasteiger partial charge on any atom is 0.408 e. The molecule has 56 heavy (non-hydrogen) atoms. The number of alkyl carbamates (subject to hydrolysis) is 1. The highest BCUT2D eigenvalue weighted by Gasteiger charge is 2.62. The summed E-state index contributed by atoms with van der Waals surface area (Å²) in [5, 5.41) is 6.86. The summed E-state index contributed by atoms with van der Waals surface area (Å²) in [5.41, 5.74) is -3.40. The molecule has 3 N–H and O–H groups in total. The third kappa shape index (κ3) is 9.48. The number of rotatable bonds is 13. The van der Waals surface area contributed by atoms with Crippen molar-refractivity contribution in [2.24, 2.45) is 11.8 Å². The molecule has 17 nitrogen and oxygen atoms in total. The minimum absolute atomic E-state index is 0.0573. The number of hydrogen-bond donors (Lipinski definition) is 3. The molecule has 0 radical (unpaired) electrons. The monoisotopic (exact) mass is 821 g/mol. The molecule has 0 unspecified atom stereocenters. The summed E-state index contributed by atoms with van der Waals surface area (Å²) in [4.78, 5) is 61.6. The van der Waals surface area contributed by atoms with Crippen LogP contribution in [-0.2, 0) is 43.4 Å². The first-order chi connectivity index (χ1) is 26.2. The summed E-state index contributed by atoms with van der Waals surface area (Å²) >= 11 is 0. The number of benzene rings is 1. The van der Waals surface area contributed by atoms with Crippen LogP contribution < -0.4 is 24.8 Å². The molecule has 2 aromatic rings. The van der Waals surface area contributed by atoms with Crippen LogP contribution in [0.15, 0.2) is 30.5 Å². The standard InChI is InChI=1S/C37H51N5O12S2/c1-7-24-20-37(24,33(45)41-56(49,50)54-36(5)13-14-36)40-30(43)28-19-26(52-31-27-9-8-25(51-6)18-23(27)10-15-38-31)21-42(28)32(44)29(39-34(46)53-35(2,3)4)22-11-16-55(47,48)17-12-22/h8-10,15,18,22,24,26,28-29H,7,11-14,16-17,19-21H2,1-6H3,(H,39,46)(H,40,43)(H,41,45)/t24-,26-,28+,29-,37-/m1/s1. The molecule has 2 saturated carbocycles. The summed E-state index contributed by atoms with van der Waals surface area (Å²) < 4.78 is 74.8. The lowest BCUT2D eigenvalue weighted by molar-refractivity contribution is -0.142. The van der Waals surface area contributed by atoms with E-state index in [2.05, 4.69) is 15.6 Å². The number of sulfone groups is 1. The fourth-order valence-electron chi connectivity index (χ4n) is 7.48. The predicted molar refractivity (Wildman–Crippen MR) is 202 cm³/mol. The molecule has 1 aromatic carbocycles. The lowest BCUT2D eigenvalue weighted by Gasteiger charge is -2.35. The number of carbonyl (C=O) groups excluding carboxylic acids is 4. The maximum atomic E-state index is 14.7. The van der Waals surface area contributed by atoms with E-state index in [-0.39, 0.29) is 49.6 Å². The van der Waals surface area contributed by atoms with Crippen LogP contribution in [0.1, 0.15) is 79.6 Å². The summed E-state index contributed by atoms with van der Waals surface area (Å²) in [6.45, 7) is 8.27. The molecule has 4 fully saturated rings. The molecule has 2 saturated heterocycles. The molecular weight excluding hydrogens is 771 g/mol. The summed E-state index contributed by atoms with van der Waals surface area (Å²) in [5.74, 6) is -2.89. The molecule has 4 amide bonds. The average molecular weight is 822 g/mol. The van der Waals surface area contributed by atoms with Crippen LogP contribution in [0.3, 0.4) is 0 Å². The molecule has 3 heterocycles. The van der Waals surface area contributed by atoms with Crippen molar-refractivity contribution >= 4 is 54.7 Å². The third-order valence-corrected chi connectivity index (χ3v) is 13.7. The van der Waals surface area contributed by atoms with Crippen LogP contribution in [0.25, 0.3) is 10.8 Å². The second-order valence-electron chi connectivity index (χ2n) is 16.5. The Labute approximate surface area is 327 Å². The van der Waals surface area contributed by atoms with Gasteiger partial charge in [-0.05, 0) is 101 Å². The van der Waals surface area contributed by atoms with Gasteiger partial charge in [-0.15, -0.1) is 0 Å². The molecule has 2 aliphatic carbocycles. The van der Waals surface area contributed by atoms with Crippen LogP contribution >= 0.6 is 0 Å². The first-order valence-electron chi connectivity index (χ1n) is 18.8. The third-order valence-electron chi connectivity index (χ3n) is 10.9. The number of carbonyl (C=O) groups is 4. The van der Waals surface area contributed by atoms with Crippen molar-refractivity contribution in [2.45, 2.75) is 114 Å². The van der Waals surface area contributed by atoms with Gasteiger partial charge in [-0.2, -0.15) is 8.42 Å². The molecule has 0 spiro atoms. The highest BCUT2D eigenvalue weighted by atomic mass is 32.2. The topological polar surface area (TPSA) is 226 Å². The van der Waals surface area contributed by atoms with Crippen molar-refractivity contribution in [3.05, 3.63) is 30.5 Å². The summed E-state index contributed by atoms with van der Waals surface area (Å²) in [6, 6.07) is 4.59. The van der Waals surface area contributed by atoms with E-state index in [1.807, 2.05) is 10.8 Å². The molecule has 308 valence electrons. The molecule has 0 bridgehead atoms. The molecule has 2 aliphatic heterocycles. The number of nitrogens with zero attached hydrogens (tertiary/aromatic N) is 2. The molecular formula is C37H51N5O12S2. The smallest absolute Gasteiger partial charge is 0.408 e. The Hall–Kier alpha value is -4.23. The number of pyridine rings is 1. The first-order valence-corrected chi connectivity index (χ1v) is 22.1. The van der Waals surface area contributed by atoms with Crippen molar-refractivity contribution in [1.82, 2.24) is 25.2 Å². The number of ether oxygens (including phenoxy) is 3. The van der Waals surface area contributed by atoms with Crippen LogP contribution in [0.4, 0.5) is 4.79 Å². The molecule has 4 aliphatic rings. The lowest BCUT2D eigenvalue weighted by atomic mass is 9.92. The minimum atomic E-state index is -4.50. The zero-order valence-corrected chi connectivity index (χ0v) is 34.1. The number of likely N-dealkylation sites (tertiary alicyclic amines) is 1. The quantitative estimate of drug-likeness (QED) is 0.265. The van der Waals surface area contributed by atoms with Gasteiger partial charge in [0.2, 0.25) is 17.7 Å². The van der Waals surface area contributed by atoms with E-state index in [0.29, 0.717) is 30.4 Å². The van der Waals surface area contributed by atoms with Gasteiger partial charge in [-0.25, -0.2) is 27.1 Å². The van der Waals surface area contributed by atoms with E-state index < -0.39 is 90.7 Å². The predicted octanol–water partition coefficient (Wildman–Crippen LogP) is 2.52. The molecule has 19 heteroatoms. The highest BCUT2D eigenvalue weighted by molar-refractivity contribution is 7.91. The Morgan fingerprint density at radius 1 is 1.09 bits per heavy atom. The number of fused-ring (bicyclic) bond motifs is 1. The van der Waals surface area contributed by atoms with Gasteiger partial charge in [0.15, 0.2) is 0 Å². The Bertz CT molecular complexity index is 2090. The number of nitrogens with one attached hydrogen (secondary N) is 3. The van der Waals surface area contributed by atoms with E-state index in [4.69, 9.17) is 18.4 Å². The van der Waals surface area contributed by atoms with Gasteiger partial charge in [0.05, 0.1) is 30.8 Å². The zero-order valence-electron chi connectivity index (χ0n) is 32.5. The van der Waals surface area contributed by atoms with Crippen molar-refractivity contribution < 1.29 is 54.4 Å². The second kappa shape index (κ2) is 15.3. The van der Waals surface area contributed by atoms with Gasteiger partial charge < -0.3 is 29.7 Å². The van der Waals surface area contributed by atoms with Crippen molar-refractivity contribution in [3.63, 3.8) is 0 Å². The lowest BCUT2D eigenvalue weighted by Crippen LogP contribution is -2.59. The van der Waals surface area contributed by atoms with Gasteiger partial charge in [-0.1, -0.05) is 13.3 Å². The van der Waals surface area contributed by atoms with Gasteiger partial charge in [-0.3, -0.25) is 14.4 Å². The highest BCUT2D eigenvalue weighted by Crippen LogP contribution is 2.47. The van der Waals surface area contributed by atoms with E-state index in [1.165, 1.54) is 4.90 Å². The van der Waals surface area contributed by atoms with Gasteiger partial charge in [0.1, 0.15) is 44.9 Å². The fourth-order valence-corrected chi connectivity index (χ4v) is 10.2. The van der Waals surface area contributed by atoms with Crippen molar-refractivity contribution in [1.29, 1.82) is 0 Å². The normalized spacial score (nSPS) is 26.1. The van der Waals surface area contributed by atoms with Crippen LogP contribution in [0, 0.1) is 11.8 Å². The second-order valence-corrected chi connectivity index (χ2v) is 20.1. The molecule has 6 rings (SSSR count). The first kappa shape index (κ1) is 41.4. The maximum absolute atomic E-state index is 14.7. The number of methoxy groups -OCH3 is 1. The summed E-state index contributed by atoms with van der Waals surface area (Å²) in [7, 11) is -6.30. The van der Waals surface area contributed by atoms with E-state index >= 15 is 0 Å². The Morgan fingerprint density at radius 2 is 1.79 bits per heavy atom. The van der Waals surface area contributed by atoms with E-state index in [1.54, 1.807) is 66.1 Å². The van der Waals surface area contributed by atoms with Crippen LogP contribution in [0.2, 0.25) is 0 Å². The van der Waals surface area contributed by atoms with Crippen molar-refractivity contribution in [2.75, 3.05) is 25.2 Å². The van der Waals surface area contributed by atoms with E-state index in [0.717, 1.165) is 5.39 Å². The Kier molecular flexibility index (Phi) is 11.3. The average Bonchev–Trinajstić information content (AvgIpc) is 3.98. The summed E-state index contributed by atoms with van der Waals surface area (Å²) in [6.07, 6.45) is 1.58. The van der Waals surface area contributed by atoms with Gasteiger partial charge in [0.25, 0.3) is 5.91 Å². The van der Waals surface area contributed by atoms with Gasteiger partial charge >= 0.3 is 16.4 Å². The fraction of sp³-hybridized carbons (Fsp3) is 0.649. The number of hydrogen-bond acceptors (Lipinski definition) is 13. The Balaban J connectivity index is 1.30. The van der Waals surface area contributed by atoms with E-state index in [9.17, 15) is 36.0 Å². The van der Waals surface area contributed by atoms with Crippen LogP contribution in [0.5, 0.6) is 11.6 Å². The Morgan fingerprint density at radius 3 is 2.39 bits per heavy atom. The largest absolute Gasteiger partial charge is 0.497 e. The minimum Gasteiger partial charge on any atom is -0.497 e. The SMILES string of the molecule is CC[C@@H]1C[C@]1(NC(=O)[C@@H]1C[C@@H](Oc2nccc3cc(OC)ccc23)CN1C(=O)[C@H](NC(=O)OC(C)(C)C)C1CCS(=O)(=O)CC1)C(=O)NS(=O)(=O)OC1(C)CC1. The number of aromatic nitrogens is 1. The molecule has 1 aromatic heterocycles. The number of amides is 4. The molecule has 5 atom stereocenters. The van der Waals surface area contributed by atoms with Gasteiger partial charge in [0, 0.05) is 18.0 Å². The zero-order chi connectivity index (χ0) is 40.8. The van der Waals surface area contributed by atoms with Crippen molar-refractivity contribution in [3.8, 4) is 11.6 Å². The van der Waals surface area contributed by atoms with Crippen LogP contribution in [-0.4, -0.2) is 111 Å².